The van der Waals surface area contributed by atoms with Crippen LogP contribution in [0.25, 0.3) is 167 Å². The van der Waals surface area contributed by atoms with Crippen LogP contribution in [0.15, 0.2) is 297 Å². The first-order valence-corrected chi connectivity index (χ1v) is 30.4. The van der Waals surface area contributed by atoms with Crippen molar-refractivity contribution in [3.63, 3.8) is 0 Å². The molecule has 0 atom stereocenters. The van der Waals surface area contributed by atoms with Gasteiger partial charge in [0, 0.05) is 44.0 Å². The Morgan fingerprint density at radius 1 is 0.256 bits per heavy atom. The largest absolute Gasteiger partial charge is 0.307 e. The number of benzene rings is 13. The molecule has 9 heteroatoms. The van der Waals surface area contributed by atoms with Crippen LogP contribution in [0.1, 0.15) is 5.56 Å². The maximum absolute atomic E-state index is 12.7. The van der Waals surface area contributed by atoms with Crippen LogP contribution >= 0.6 is 0 Å². The zero-order chi connectivity index (χ0) is 59.1. The van der Waals surface area contributed by atoms with Gasteiger partial charge in [0.2, 0.25) is 11.6 Å². The molecule has 0 radical (unpaired) electrons. The first-order valence-electron chi connectivity index (χ1n) is 30.4. The number of fused-ring (bicyclic) bond motifs is 16. The highest BCUT2D eigenvalue weighted by atomic mass is 15.2. The van der Waals surface area contributed by atoms with Gasteiger partial charge in [0.15, 0.2) is 0 Å². The van der Waals surface area contributed by atoms with Crippen LogP contribution in [0.4, 0.5) is 0 Å². The van der Waals surface area contributed by atoms with E-state index in [0.717, 1.165) is 167 Å². The van der Waals surface area contributed by atoms with E-state index in [1.165, 1.54) is 0 Å². The summed E-state index contributed by atoms with van der Waals surface area (Å²) in [5.74, 6) is 1.61. The van der Waals surface area contributed by atoms with Gasteiger partial charge in [-0.15, -0.1) is 0 Å². The minimum Gasteiger partial charge on any atom is -0.307 e. The molecule has 6 heterocycles. The fourth-order valence-electron chi connectivity index (χ4n) is 14.5. The molecule has 90 heavy (non-hydrogen) atoms. The average Bonchev–Trinajstić information content (AvgIpc) is 1.50. The van der Waals surface area contributed by atoms with E-state index < -0.39 is 0 Å². The third-order valence-corrected chi connectivity index (χ3v) is 18.4. The highest BCUT2D eigenvalue weighted by Gasteiger charge is 2.30. The molecule has 0 fully saturated rings. The maximum Gasteiger partial charge on any atom is 0.220 e. The lowest BCUT2D eigenvalue weighted by Crippen LogP contribution is -2.08. The first-order chi connectivity index (χ1) is 44.6. The van der Waals surface area contributed by atoms with Gasteiger partial charge < -0.3 is 9.13 Å². The van der Waals surface area contributed by atoms with Crippen molar-refractivity contribution in [2.24, 2.45) is 0 Å². The fourth-order valence-corrected chi connectivity index (χ4v) is 14.5. The standard InChI is InChI=1S/C81H49N9/c82-50-65-78(87-68-33-17-13-29-59(68)60-30-14-18-34-69(60)87)63(55-39-43-72-76(47-55)89-74-45-53(51-21-5-1-6-22-51)37-41-66(74)83-80(89)85(72)57-25-9-3-10-26-57)49-64(79(65)88-70-35-19-15-31-61(70)62-32-16-20-36-71(62)88)56-40-44-73-77(48-56)90-75-46-54(52-23-7-2-8-24-52)38-42-67(75)84-81(90)86(73)58-27-11-4-12-28-58/h1-49H. The van der Waals surface area contributed by atoms with Gasteiger partial charge in [0.25, 0.3) is 0 Å². The Morgan fingerprint density at radius 3 is 0.967 bits per heavy atom. The Labute approximate surface area is 514 Å². The molecule has 6 aromatic heterocycles. The molecule has 0 aliphatic carbocycles. The van der Waals surface area contributed by atoms with Crippen molar-refractivity contribution in [1.82, 2.24) is 37.0 Å². The van der Waals surface area contributed by atoms with Crippen molar-refractivity contribution >= 4 is 99.3 Å². The minimum absolute atomic E-state index is 0.529. The number of hydrogen-bond donors (Lipinski definition) is 0. The Balaban J connectivity index is 0.980. The number of imidazole rings is 4. The van der Waals surface area contributed by atoms with Crippen molar-refractivity contribution in [3.8, 4) is 73.3 Å². The Kier molecular flexibility index (Phi) is 10.6. The quantitative estimate of drug-likeness (QED) is 0.152. The average molecular weight is 1150 g/mol. The van der Waals surface area contributed by atoms with E-state index in [0.29, 0.717) is 5.56 Å². The van der Waals surface area contributed by atoms with Crippen LogP contribution in [0.3, 0.4) is 0 Å². The molecule has 0 aliphatic rings. The summed E-state index contributed by atoms with van der Waals surface area (Å²) in [7, 11) is 0. The zero-order valence-electron chi connectivity index (χ0n) is 48.3. The molecule has 0 amide bonds. The summed E-state index contributed by atoms with van der Waals surface area (Å²) in [5, 5.41) is 17.1. The molecule has 19 rings (SSSR count). The van der Waals surface area contributed by atoms with Gasteiger partial charge in [-0.2, -0.15) is 5.26 Å². The molecule has 0 N–H and O–H groups in total. The summed E-state index contributed by atoms with van der Waals surface area (Å²) in [4.78, 5) is 10.9. The number of hydrogen-bond acceptors (Lipinski definition) is 3. The van der Waals surface area contributed by atoms with Crippen LogP contribution in [0.5, 0.6) is 0 Å². The predicted octanol–water partition coefficient (Wildman–Crippen LogP) is 19.9. The lowest BCUT2D eigenvalue weighted by Gasteiger charge is -2.23. The molecular formula is C81H49N9. The summed E-state index contributed by atoms with van der Waals surface area (Å²) >= 11 is 0. The molecule has 19 aromatic rings. The summed E-state index contributed by atoms with van der Waals surface area (Å²) in [6.45, 7) is 0. The Hall–Kier alpha value is -12.5. The molecule has 9 nitrogen and oxygen atoms in total. The van der Waals surface area contributed by atoms with E-state index in [4.69, 9.17) is 9.97 Å². The van der Waals surface area contributed by atoms with Crippen molar-refractivity contribution in [3.05, 3.63) is 303 Å². The zero-order valence-corrected chi connectivity index (χ0v) is 48.3. The van der Waals surface area contributed by atoms with Gasteiger partial charge >= 0.3 is 0 Å². The van der Waals surface area contributed by atoms with Crippen LogP contribution in [0.2, 0.25) is 0 Å². The van der Waals surface area contributed by atoms with Crippen molar-refractivity contribution in [2.45, 2.75) is 0 Å². The number of aromatic nitrogens is 8. The Bertz CT molecular complexity index is 5730. The molecule has 0 spiro atoms. The van der Waals surface area contributed by atoms with Crippen LogP contribution in [-0.2, 0) is 0 Å². The van der Waals surface area contributed by atoms with Gasteiger partial charge in [-0.25, -0.2) is 9.97 Å². The SMILES string of the molecule is N#Cc1c(-n2c3ccccc3c3ccccc32)c(-c2ccc3c(c2)n2c4cc(-c5ccccc5)ccc4nc2n3-c2ccccc2)cc(-c2ccc3c(c2)n2c4cc(-c5ccccc5)ccc4nc2n3-c2ccccc2)c1-n1c2ccccc2c2ccccc21. The second kappa shape index (κ2) is 19.2. The van der Waals surface area contributed by atoms with E-state index in [9.17, 15) is 5.26 Å². The number of para-hydroxylation sites is 6. The van der Waals surface area contributed by atoms with Crippen molar-refractivity contribution < 1.29 is 0 Å². The summed E-state index contributed by atoms with van der Waals surface area (Å²) in [5.41, 5.74) is 24.0. The minimum atomic E-state index is 0.529. The summed E-state index contributed by atoms with van der Waals surface area (Å²) in [6, 6.07) is 109. The first kappa shape index (κ1) is 49.7. The number of rotatable bonds is 8. The molecule has 0 unspecified atom stereocenters. The van der Waals surface area contributed by atoms with E-state index >= 15 is 0 Å². The fraction of sp³-hybridized carbons (Fsp3) is 0. The molecule has 418 valence electrons. The number of nitrogens with zero attached hydrogens (tertiary/aromatic N) is 9. The Morgan fingerprint density at radius 2 is 0.589 bits per heavy atom. The second-order valence-electron chi connectivity index (χ2n) is 23.3. The van der Waals surface area contributed by atoms with E-state index in [1.807, 2.05) is 0 Å². The van der Waals surface area contributed by atoms with Crippen LogP contribution in [0, 0.1) is 11.3 Å². The molecule has 13 aromatic carbocycles. The van der Waals surface area contributed by atoms with Crippen molar-refractivity contribution in [2.75, 3.05) is 0 Å². The smallest absolute Gasteiger partial charge is 0.220 e. The van der Waals surface area contributed by atoms with E-state index in [2.05, 4.69) is 330 Å². The van der Waals surface area contributed by atoms with Gasteiger partial charge in [0.1, 0.15) is 11.6 Å². The monoisotopic (exact) mass is 1150 g/mol. The van der Waals surface area contributed by atoms with Gasteiger partial charge in [-0.3, -0.25) is 17.9 Å². The third kappa shape index (κ3) is 7.18. The maximum atomic E-state index is 12.7. The highest BCUT2D eigenvalue weighted by Crippen LogP contribution is 2.48. The molecule has 0 bridgehead atoms. The van der Waals surface area contributed by atoms with Gasteiger partial charge in [-0.1, -0.05) is 194 Å². The normalized spacial score (nSPS) is 12.0. The second-order valence-corrected chi connectivity index (χ2v) is 23.3. The highest BCUT2D eigenvalue weighted by molar-refractivity contribution is 6.13. The summed E-state index contributed by atoms with van der Waals surface area (Å²) in [6.07, 6.45) is 0. The molecule has 0 saturated heterocycles. The summed E-state index contributed by atoms with van der Waals surface area (Å²) < 4.78 is 13.9. The molecule has 0 saturated carbocycles. The van der Waals surface area contributed by atoms with E-state index in [-0.39, 0.29) is 0 Å². The van der Waals surface area contributed by atoms with Crippen LogP contribution < -0.4 is 0 Å². The number of nitriles is 1. The van der Waals surface area contributed by atoms with Gasteiger partial charge in [-0.05, 0) is 137 Å². The van der Waals surface area contributed by atoms with Crippen LogP contribution in [-0.4, -0.2) is 37.0 Å². The lowest BCUT2D eigenvalue weighted by atomic mass is 9.90. The van der Waals surface area contributed by atoms with Crippen molar-refractivity contribution in [1.29, 1.82) is 5.26 Å². The van der Waals surface area contributed by atoms with E-state index in [1.54, 1.807) is 0 Å². The topological polar surface area (TPSA) is 78.1 Å². The molecule has 0 aliphatic heterocycles. The van der Waals surface area contributed by atoms with Gasteiger partial charge in [0.05, 0.1) is 77.6 Å². The predicted molar refractivity (Wildman–Crippen MR) is 368 cm³/mol. The lowest BCUT2D eigenvalue weighted by molar-refractivity contribution is 1.11. The molecular weight excluding hydrogens is 1100 g/mol. The third-order valence-electron chi connectivity index (χ3n) is 18.4.